The smallest absolute Gasteiger partial charge is 0.325 e. The van der Waals surface area contributed by atoms with Gasteiger partial charge < -0.3 is 9.30 Å². The summed E-state index contributed by atoms with van der Waals surface area (Å²) in [5.74, 6) is -1.58. The number of nitro benzene ring substituents is 1. The van der Waals surface area contributed by atoms with Crippen LogP contribution in [0.25, 0.3) is 16.3 Å². The Hall–Kier alpha value is -3.66. The SMILES string of the molecule is COC(=O)Cn1c(=NC(=O)C=Cc2ccc([N+](=O)[O-])cc2)sc2cc(F)ccc21. The highest BCUT2D eigenvalue weighted by molar-refractivity contribution is 7.16. The number of hydrogen-bond donors (Lipinski definition) is 0. The van der Waals surface area contributed by atoms with Gasteiger partial charge in [-0.25, -0.2) is 4.39 Å². The van der Waals surface area contributed by atoms with E-state index in [-0.39, 0.29) is 17.0 Å². The molecule has 0 aliphatic carbocycles. The van der Waals surface area contributed by atoms with Gasteiger partial charge in [-0.15, -0.1) is 0 Å². The van der Waals surface area contributed by atoms with Crippen LogP contribution in [0.2, 0.25) is 0 Å². The van der Waals surface area contributed by atoms with Crippen LogP contribution in [0.1, 0.15) is 5.56 Å². The fourth-order valence-corrected chi connectivity index (χ4v) is 3.54. The second kappa shape index (κ2) is 8.57. The van der Waals surface area contributed by atoms with Gasteiger partial charge in [0.05, 0.1) is 22.2 Å². The Morgan fingerprint density at radius 3 is 2.66 bits per heavy atom. The number of nitro groups is 1. The van der Waals surface area contributed by atoms with E-state index in [4.69, 9.17) is 0 Å². The van der Waals surface area contributed by atoms with E-state index in [0.29, 0.717) is 15.8 Å². The summed E-state index contributed by atoms with van der Waals surface area (Å²) in [6, 6.07) is 9.70. The minimum Gasteiger partial charge on any atom is -0.468 e. The Morgan fingerprint density at radius 2 is 2.00 bits per heavy atom. The molecule has 8 nitrogen and oxygen atoms in total. The Balaban J connectivity index is 1.93. The van der Waals surface area contributed by atoms with Crippen LogP contribution in [0.4, 0.5) is 10.1 Å². The third-order valence-electron chi connectivity index (χ3n) is 3.89. The first-order valence-corrected chi connectivity index (χ1v) is 9.06. The highest BCUT2D eigenvalue weighted by Gasteiger charge is 2.12. The predicted molar refractivity (Wildman–Crippen MR) is 104 cm³/mol. The van der Waals surface area contributed by atoms with E-state index >= 15 is 0 Å². The van der Waals surface area contributed by atoms with E-state index in [1.807, 2.05) is 0 Å². The lowest BCUT2D eigenvalue weighted by atomic mass is 10.2. The average Bonchev–Trinajstić information content (AvgIpc) is 3.02. The molecule has 2 aromatic carbocycles. The summed E-state index contributed by atoms with van der Waals surface area (Å²) >= 11 is 1.06. The molecule has 0 aliphatic heterocycles. The van der Waals surface area contributed by atoms with Gasteiger partial charge in [0.1, 0.15) is 12.4 Å². The number of ether oxygens (including phenoxy) is 1. The summed E-state index contributed by atoms with van der Waals surface area (Å²) in [6.45, 7) is -0.180. The molecule has 148 valence electrons. The van der Waals surface area contributed by atoms with Gasteiger partial charge in [-0.2, -0.15) is 4.99 Å². The number of halogens is 1. The van der Waals surface area contributed by atoms with Crippen molar-refractivity contribution in [2.24, 2.45) is 4.99 Å². The van der Waals surface area contributed by atoms with Gasteiger partial charge in [-0.05, 0) is 42.0 Å². The third kappa shape index (κ3) is 4.79. The molecule has 0 spiro atoms. The van der Waals surface area contributed by atoms with Crippen molar-refractivity contribution in [1.82, 2.24) is 4.57 Å². The number of aromatic nitrogens is 1. The van der Waals surface area contributed by atoms with Gasteiger partial charge in [0.2, 0.25) is 0 Å². The van der Waals surface area contributed by atoms with Crippen molar-refractivity contribution < 1.29 is 23.6 Å². The lowest BCUT2D eigenvalue weighted by Gasteiger charge is -2.03. The van der Waals surface area contributed by atoms with Crippen molar-refractivity contribution in [3.63, 3.8) is 0 Å². The summed E-state index contributed by atoms with van der Waals surface area (Å²) in [4.78, 5) is 38.3. The normalized spacial score (nSPS) is 11.9. The topological polar surface area (TPSA) is 104 Å². The van der Waals surface area contributed by atoms with E-state index in [9.17, 15) is 24.1 Å². The zero-order valence-corrected chi connectivity index (χ0v) is 15.9. The first-order chi connectivity index (χ1) is 13.9. The Labute approximate surface area is 167 Å². The molecule has 0 atom stereocenters. The molecule has 1 heterocycles. The lowest BCUT2D eigenvalue weighted by Crippen LogP contribution is -2.22. The summed E-state index contributed by atoms with van der Waals surface area (Å²) in [7, 11) is 1.24. The van der Waals surface area contributed by atoms with Gasteiger partial charge in [-0.1, -0.05) is 11.3 Å². The van der Waals surface area contributed by atoms with Crippen LogP contribution in [0, 0.1) is 15.9 Å². The molecule has 1 aromatic heterocycles. The van der Waals surface area contributed by atoms with Crippen LogP contribution >= 0.6 is 11.3 Å². The quantitative estimate of drug-likeness (QED) is 0.276. The number of hydrogen-bond acceptors (Lipinski definition) is 6. The minimum atomic E-state index is -0.603. The summed E-state index contributed by atoms with van der Waals surface area (Å²) in [5, 5.41) is 10.7. The van der Waals surface area contributed by atoms with Crippen LogP contribution in [0.5, 0.6) is 0 Å². The molecule has 0 bridgehead atoms. The number of amides is 1. The van der Waals surface area contributed by atoms with Crippen LogP contribution < -0.4 is 4.80 Å². The first kappa shape index (κ1) is 20.1. The third-order valence-corrected chi connectivity index (χ3v) is 4.93. The number of esters is 1. The molecule has 29 heavy (non-hydrogen) atoms. The maximum absolute atomic E-state index is 13.5. The van der Waals surface area contributed by atoms with Crippen molar-refractivity contribution in [1.29, 1.82) is 0 Å². The van der Waals surface area contributed by atoms with Gasteiger partial charge in [-0.3, -0.25) is 19.7 Å². The standard InChI is InChI=1S/C19H14FN3O5S/c1-28-18(25)11-22-15-8-5-13(20)10-16(15)29-19(22)21-17(24)9-4-12-2-6-14(7-3-12)23(26)27/h2-10H,11H2,1H3. The van der Waals surface area contributed by atoms with Crippen molar-refractivity contribution in [3.05, 3.63) is 74.8 Å². The molecule has 0 saturated heterocycles. The van der Waals surface area contributed by atoms with E-state index in [1.54, 1.807) is 0 Å². The number of fused-ring (bicyclic) bond motifs is 1. The molecule has 3 aromatic rings. The average molecular weight is 415 g/mol. The monoisotopic (exact) mass is 415 g/mol. The maximum atomic E-state index is 13.5. The molecule has 3 rings (SSSR count). The van der Waals surface area contributed by atoms with E-state index < -0.39 is 22.6 Å². The molecular formula is C19H14FN3O5S. The van der Waals surface area contributed by atoms with Crippen LogP contribution in [-0.4, -0.2) is 28.5 Å². The zero-order valence-electron chi connectivity index (χ0n) is 15.1. The van der Waals surface area contributed by atoms with Gasteiger partial charge in [0.15, 0.2) is 4.80 Å². The fraction of sp³-hybridized carbons (Fsp3) is 0.105. The Kier molecular flexibility index (Phi) is 5.93. The van der Waals surface area contributed by atoms with Gasteiger partial charge >= 0.3 is 5.97 Å². The van der Waals surface area contributed by atoms with E-state index in [2.05, 4.69) is 9.73 Å². The molecule has 10 heteroatoms. The lowest BCUT2D eigenvalue weighted by molar-refractivity contribution is -0.384. The fourth-order valence-electron chi connectivity index (χ4n) is 2.49. The first-order valence-electron chi connectivity index (χ1n) is 8.24. The predicted octanol–water partition coefficient (Wildman–Crippen LogP) is 3.06. The summed E-state index contributed by atoms with van der Waals surface area (Å²) in [6.07, 6.45) is 2.67. The van der Waals surface area contributed by atoms with Crippen molar-refractivity contribution in [2.75, 3.05) is 7.11 Å². The number of rotatable bonds is 5. The number of thiazole rings is 1. The van der Waals surface area contributed by atoms with Crippen molar-refractivity contribution >= 4 is 45.2 Å². The molecular weight excluding hydrogens is 401 g/mol. The number of benzene rings is 2. The van der Waals surface area contributed by atoms with Crippen LogP contribution in [0.3, 0.4) is 0 Å². The molecule has 0 radical (unpaired) electrons. The highest BCUT2D eigenvalue weighted by atomic mass is 32.1. The van der Waals surface area contributed by atoms with Crippen molar-refractivity contribution in [3.8, 4) is 0 Å². The second-order valence-electron chi connectivity index (χ2n) is 5.79. The van der Waals surface area contributed by atoms with Crippen LogP contribution in [-0.2, 0) is 20.9 Å². The number of non-ortho nitro benzene ring substituents is 1. The minimum absolute atomic E-state index is 0.0560. The summed E-state index contributed by atoms with van der Waals surface area (Å²) in [5.41, 5.74) is 1.08. The number of nitrogens with zero attached hydrogens (tertiary/aromatic N) is 3. The molecule has 0 N–H and O–H groups in total. The van der Waals surface area contributed by atoms with Crippen LogP contribution in [0.15, 0.2) is 53.5 Å². The van der Waals surface area contributed by atoms with Crippen molar-refractivity contribution in [2.45, 2.75) is 6.54 Å². The van der Waals surface area contributed by atoms with E-state index in [0.717, 1.165) is 11.3 Å². The molecule has 0 saturated carbocycles. The molecule has 0 aliphatic rings. The second-order valence-corrected chi connectivity index (χ2v) is 6.80. The Morgan fingerprint density at radius 1 is 1.28 bits per heavy atom. The van der Waals surface area contributed by atoms with Gasteiger partial charge in [0.25, 0.3) is 11.6 Å². The van der Waals surface area contributed by atoms with Gasteiger partial charge in [0, 0.05) is 18.2 Å². The maximum Gasteiger partial charge on any atom is 0.325 e. The molecule has 0 fully saturated rings. The number of carbonyl (C=O) groups is 2. The largest absolute Gasteiger partial charge is 0.468 e. The number of carbonyl (C=O) groups excluding carboxylic acids is 2. The Bertz CT molecular complexity index is 1190. The summed E-state index contributed by atoms with van der Waals surface area (Å²) < 4.78 is 20.2. The highest BCUT2D eigenvalue weighted by Crippen LogP contribution is 2.19. The zero-order chi connectivity index (χ0) is 21.0. The molecule has 1 amide bonds. The van der Waals surface area contributed by atoms with E-state index in [1.165, 1.54) is 66.3 Å². The number of methoxy groups -OCH3 is 1. The molecule has 0 unspecified atom stereocenters.